The van der Waals surface area contributed by atoms with Gasteiger partial charge in [0.15, 0.2) is 0 Å². The Morgan fingerprint density at radius 1 is 1.13 bits per heavy atom. The zero-order valence-electron chi connectivity index (χ0n) is 17.3. The number of piperidine rings is 1. The number of benzene rings is 2. The number of rotatable bonds is 4. The number of carbonyl (C=O) groups is 1. The summed E-state index contributed by atoms with van der Waals surface area (Å²) in [5, 5.41) is 3.25. The topological polar surface area (TPSA) is 32.3 Å². The Balaban J connectivity index is 1.70. The van der Waals surface area contributed by atoms with E-state index in [9.17, 15) is 18.0 Å². The lowest BCUT2D eigenvalue weighted by Crippen LogP contribution is -2.57. The summed E-state index contributed by atoms with van der Waals surface area (Å²) in [6, 6.07) is 13.4. The highest BCUT2D eigenvalue weighted by Gasteiger charge is 2.41. The number of alkyl halides is 3. The molecule has 2 aromatic rings. The van der Waals surface area contributed by atoms with Crippen LogP contribution in [0.1, 0.15) is 59.2 Å². The van der Waals surface area contributed by atoms with Crippen LogP contribution in [0.25, 0.3) is 0 Å². The van der Waals surface area contributed by atoms with Crippen molar-refractivity contribution in [1.82, 2.24) is 10.2 Å². The molecule has 4 rings (SSSR count). The normalized spacial score (nSPS) is 25.2. The molecule has 160 valence electrons. The molecule has 0 aromatic heterocycles. The van der Waals surface area contributed by atoms with E-state index < -0.39 is 17.3 Å². The van der Waals surface area contributed by atoms with Crippen molar-refractivity contribution in [3.63, 3.8) is 0 Å². The molecule has 2 aromatic carbocycles. The van der Waals surface area contributed by atoms with E-state index >= 15 is 0 Å². The number of likely N-dealkylation sites (tertiary alicyclic amines) is 1. The molecule has 6 heteroatoms. The molecular weight excluding hydrogens is 389 g/mol. The quantitative estimate of drug-likeness (QED) is 0.745. The Morgan fingerprint density at radius 2 is 1.83 bits per heavy atom. The second kappa shape index (κ2) is 7.73. The predicted octanol–water partition coefficient (Wildman–Crippen LogP) is 5.18. The number of amides is 1. The molecule has 1 heterocycles. The van der Waals surface area contributed by atoms with Crippen LogP contribution in [0.15, 0.2) is 48.5 Å². The fourth-order valence-electron chi connectivity index (χ4n) is 4.87. The van der Waals surface area contributed by atoms with Gasteiger partial charge in [0.1, 0.15) is 0 Å². The summed E-state index contributed by atoms with van der Waals surface area (Å²) in [6.45, 7) is 3.76. The maximum absolute atomic E-state index is 13.4. The molecule has 0 bridgehead atoms. The highest BCUT2D eigenvalue weighted by molar-refractivity contribution is 5.96. The van der Waals surface area contributed by atoms with Crippen molar-refractivity contribution < 1.29 is 18.0 Å². The largest absolute Gasteiger partial charge is 0.416 e. The van der Waals surface area contributed by atoms with Crippen LogP contribution in [-0.4, -0.2) is 30.9 Å². The van der Waals surface area contributed by atoms with Crippen LogP contribution in [0.4, 0.5) is 13.2 Å². The van der Waals surface area contributed by atoms with Gasteiger partial charge in [-0.05, 0) is 67.5 Å². The molecule has 30 heavy (non-hydrogen) atoms. The highest BCUT2D eigenvalue weighted by atomic mass is 19.4. The first-order chi connectivity index (χ1) is 14.2. The smallest absolute Gasteiger partial charge is 0.341 e. The second-order valence-corrected chi connectivity index (χ2v) is 8.98. The zero-order chi connectivity index (χ0) is 21.5. The molecule has 1 amide bonds. The Kier molecular flexibility index (Phi) is 5.39. The molecule has 1 aliphatic carbocycles. The Morgan fingerprint density at radius 3 is 2.43 bits per heavy atom. The lowest BCUT2D eigenvalue weighted by Gasteiger charge is -2.45. The summed E-state index contributed by atoms with van der Waals surface area (Å²) in [5.41, 5.74) is 0.639. The van der Waals surface area contributed by atoms with Gasteiger partial charge in [-0.15, -0.1) is 0 Å². The maximum atomic E-state index is 13.4. The number of likely N-dealkylation sites (N-methyl/N-ethyl adjacent to an activating group) is 1. The van der Waals surface area contributed by atoms with Crippen molar-refractivity contribution in [2.45, 2.75) is 43.8 Å². The monoisotopic (exact) mass is 416 g/mol. The number of hydrogen-bond acceptors (Lipinski definition) is 2. The molecule has 2 atom stereocenters. The molecule has 0 spiro atoms. The Bertz CT molecular complexity index is 912. The van der Waals surface area contributed by atoms with E-state index in [1.54, 1.807) is 0 Å². The van der Waals surface area contributed by atoms with Crippen LogP contribution in [0.3, 0.4) is 0 Å². The van der Waals surface area contributed by atoms with Crippen LogP contribution in [0.5, 0.6) is 0 Å². The van der Waals surface area contributed by atoms with Gasteiger partial charge in [-0.1, -0.05) is 37.3 Å². The van der Waals surface area contributed by atoms with E-state index in [-0.39, 0.29) is 11.8 Å². The van der Waals surface area contributed by atoms with Crippen molar-refractivity contribution in [1.29, 1.82) is 0 Å². The molecule has 2 fully saturated rings. The van der Waals surface area contributed by atoms with Crippen molar-refractivity contribution >= 4 is 5.91 Å². The second-order valence-electron chi connectivity index (χ2n) is 8.98. The third kappa shape index (κ3) is 4.24. The molecule has 1 saturated heterocycles. The predicted molar refractivity (Wildman–Crippen MR) is 110 cm³/mol. The van der Waals surface area contributed by atoms with Crippen LogP contribution >= 0.6 is 0 Å². The molecular formula is C24H27F3N2O. The number of hydrogen-bond donors (Lipinski definition) is 1. The number of nitrogens with zero attached hydrogens (tertiary/aromatic N) is 1. The summed E-state index contributed by atoms with van der Waals surface area (Å²) < 4.78 is 39.7. The van der Waals surface area contributed by atoms with Crippen molar-refractivity contribution in [2.24, 2.45) is 5.92 Å². The molecule has 2 unspecified atom stereocenters. The van der Waals surface area contributed by atoms with Gasteiger partial charge in [-0.2, -0.15) is 13.2 Å². The lowest BCUT2D eigenvalue weighted by molar-refractivity contribution is -0.137. The third-order valence-electron chi connectivity index (χ3n) is 6.18. The van der Waals surface area contributed by atoms with Crippen LogP contribution in [0.2, 0.25) is 0 Å². The third-order valence-corrected chi connectivity index (χ3v) is 6.18. The lowest BCUT2D eigenvalue weighted by atomic mass is 9.78. The average Bonchev–Trinajstić information content (AvgIpc) is 3.52. The van der Waals surface area contributed by atoms with E-state index in [4.69, 9.17) is 0 Å². The Hall–Kier alpha value is -2.34. The van der Waals surface area contributed by atoms with Gasteiger partial charge in [0.2, 0.25) is 0 Å². The van der Waals surface area contributed by atoms with Gasteiger partial charge >= 0.3 is 6.18 Å². The fourth-order valence-corrected chi connectivity index (χ4v) is 4.87. The minimum Gasteiger partial charge on any atom is -0.341 e. The SMILES string of the molecule is CC1CN(C)CC(NC(=O)c2ccc(C(F)(F)F)cc2C2CC2)(c2ccccc2)C1. The van der Waals surface area contributed by atoms with Crippen molar-refractivity contribution in [3.05, 3.63) is 70.8 Å². The van der Waals surface area contributed by atoms with E-state index in [2.05, 4.69) is 17.1 Å². The minimum absolute atomic E-state index is 0.0358. The fraction of sp³-hybridized carbons (Fsp3) is 0.458. The van der Waals surface area contributed by atoms with Crippen LogP contribution in [0, 0.1) is 5.92 Å². The first-order valence-corrected chi connectivity index (χ1v) is 10.5. The number of carbonyl (C=O) groups excluding carboxylic acids is 1. The average molecular weight is 416 g/mol. The van der Waals surface area contributed by atoms with Gasteiger partial charge in [0, 0.05) is 18.7 Å². The molecule has 0 radical (unpaired) electrons. The van der Waals surface area contributed by atoms with Crippen LogP contribution in [-0.2, 0) is 11.7 Å². The summed E-state index contributed by atoms with van der Waals surface area (Å²) in [4.78, 5) is 15.6. The maximum Gasteiger partial charge on any atom is 0.416 e. The number of nitrogens with one attached hydrogen (secondary N) is 1. The number of halogens is 3. The van der Waals surface area contributed by atoms with Gasteiger partial charge in [-0.3, -0.25) is 4.79 Å². The zero-order valence-corrected chi connectivity index (χ0v) is 17.3. The standard InChI is InChI=1S/C24H27F3N2O/c1-16-13-23(15-29(2)14-16,18-6-4-3-5-7-18)28-22(30)20-11-10-19(24(25,26)27)12-21(20)17-8-9-17/h3-7,10-12,16-17H,8-9,13-15H2,1-2H3,(H,28,30). The van der Waals surface area contributed by atoms with Gasteiger partial charge in [0.05, 0.1) is 11.1 Å². The molecule has 2 aliphatic rings. The Labute approximate surface area is 175 Å². The molecule has 3 nitrogen and oxygen atoms in total. The van der Waals surface area contributed by atoms with E-state index in [0.29, 0.717) is 23.6 Å². The summed E-state index contributed by atoms with van der Waals surface area (Å²) in [5.74, 6) is 0.116. The van der Waals surface area contributed by atoms with Gasteiger partial charge in [-0.25, -0.2) is 0 Å². The summed E-state index contributed by atoms with van der Waals surface area (Å²) in [6.07, 6.45) is -1.98. The summed E-state index contributed by atoms with van der Waals surface area (Å²) in [7, 11) is 2.03. The first-order valence-electron chi connectivity index (χ1n) is 10.5. The summed E-state index contributed by atoms with van der Waals surface area (Å²) >= 11 is 0. The van der Waals surface area contributed by atoms with E-state index in [0.717, 1.165) is 43.5 Å². The van der Waals surface area contributed by atoms with Crippen molar-refractivity contribution in [2.75, 3.05) is 20.1 Å². The van der Waals surface area contributed by atoms with Gasteiger partial charge in [0.25, 0.3) is 5.91 Å². The van der Waals surface area contributed by atoms with E-state index in [1.807, 2.05) is 37.4 Å². The minimum atomic E-state index is -4.41. The first kappa shape index (κ1) is 20.9. The van der Waals surface area contributed by atoms with Crippen LogP contribution < -0.4 is 5.32 Å². The van der Waals surface area contributed by atoms with E-state index in [1.165, 1.54) is 6.07 Å². The molecule has 1 N–H and O–H groups in total. The molecule has 1 saturated carbocycles. The van der Waals surface area contributed by atoms with Gasteiger partial charge < -0.3 is 10.2 Å². The highest BCUT2D eigenvalue weighted by Crippen LogP contribution is 2.44. The molecule has 1 aliphatic heterocycles. The van der Waals surface area contributed by atoms with Crippen molar-refractivity contribution in [3.8, 4) is 0 Å².